The molecule has 108 valence electrons. The molecule has 0 heterocycles. The van der Waals surface area contributed by atoms with Crippen molar-refractivity contribution >= 4 is 23.2 Å². The fraction of sp³-hybridized carbons (Fsp3) is 0.133. The van der Waals surface area contributed by atoms with Crippen molar-refractivity contribution in [1.29, 1.82) is 0 Å². The highest BCUT2D eigenvalue weighted by Gasteiger charge is 2.22. The lowest BCUT2D eigenvalue weighted by Crippen LogP contribution is -2.26. The van der Waals surface area contributed by atoms with E-state index in [9.17, 15) is 14.9 Å². The Labute approximate surface area is 126 Å². The van der Waals surface area contributed by atoms with Crippen molar-refractivity contribution in [2.75, 3.05) is 7.05 Å². The first-order chi connectivity index (χ1) is 9.99. The van der Waals surface area contributed by atoms with Crippen LogP contribution in [0.3, 0.4) is 0 Å². The maximum atomic E-state index is 12.3. The molecule has 5 nitrogen and oxygen atoms in total. The largest absolute Gasteiger partial charge is 0.337 e. The van der Waals surface area contributed by atoms with Gasteiger partial charge < -0.3 is 4.90 Å². The van der Waals surface area contributed by atoms with E-state index in [2.05, 4.69) is 0 Å². The molecule has 6 heteroatoms. The third-order valence-corrected chi connectivity index (χ3v) is 3.26. The number of carbonyl (C=O) groups is 1. The van der Waals surface area contributed by atoms with E-state index < -0.39 is 10.8 Å². The maximum absolute atomic E-state index is 12.3. The van der Waals surface area contributed by atoms with Gasteiger partial charge >= 0.3 is 0 Å². The zero-order valence-corrected chi connectivity index (χ0v) is 12.1. The monoisotopic (exact) mass is 304 g/mol. The Morgan fingerprint density at radius 1 is 1.19 bits per heavy atom. The molecule has 0 aliphatic rings. The van der Waals surface area contributed by atoms with Gasteiger partial charge in [-0.15, -0.1) is 0 Å². The van der Waals surface area contributed by atoms with E-state index in [-0.39, 0.29) is 11.3 Å². The predicted octanol–water partition coefficient (Wildman–Crippen LogP) is 3.52. The van der Waals surface area contributed by atoms with Gasteiger partial charge in [-0.2, -0.15) is 0 Å². The van der Waals surface area contributed by atoms with Gasteiger partial charge in [0.25, 0.3) is 11.6 Å². The van der Waals surface area contributed by atoms with Gasteiger partial charge in [-0.3, -0.25) is 14.9 Å². The number of carbonyl (C=O) groups excluding carboxylic acids is 1. The molecule has 0 bridgehead atoms. The van der Waals surface area contributed by atoms with Crippen LogP contribution >= 0.6 is 11.6 Å². The summed E-state index contributed by atoms with van der Waals surface area (Å²) in [6, 6.07) is 13.0. The number of benzene rings is 2. The Kier molecular flexibility index (Phi) is 4.55. The minimum Gasteiger partial charge on any atom is -0.337 e. The van der Waals surface area contributed by atoms with Crippen molar-refractivity contribution in [2.45, 2.75) is 6.54 Å². The van der Waals surface area contributed by atoms with Crippen LogP contribution in [0.15, 0.2) is 48.5 Å². The van der Waals surface area contributed by atoms with Crippen LogP contribution in [0.5, 0.6) is 0 Å². The minimum absolute atomic E-state index is 0.0824. The van der Waals surface area contributed by atoms with E-state index in [0.29, 0.717) is 11.6 Å². The van der Waals surface area contributed by atoms with Crippen LogP contribution < -0.4 is 0 Å². The SMILES string of the molecule is CN(Cc1ccc(Cl)cc1)C(=O)c1ccccc1[N+](=O)[O-]. The highest BCUT2D eigenvalue weighted by molar-refractivity contribution is 6.30. The summed E-state index contributed by atoms with van der Waals surface area (Å²) < 4.78 is 0. The molecule has 0 aliphatic carbocycles. The van der Waals surface area contributed by atoms with Gasteiger partial charge in [0.15, 0.2) is 0 Å². The lowest BCUT2D eigenvalue weighted by molar-refractivity contribution is -0.385. The van der Waals surface area contributed by atoms with E-state index in [1.165, 1.54) is 23.1 Å². The summed E-state index contributed by atoms with van der Waals surface area (Å²) in [5.41, 5.74) is 0.790. The summed E-state index contributed by atoms with van der Waals surface area (Å²) in [5, 5.41) is 11.6. The Morgan fingerprint density at radius 2 is 1.81 bits per heavy atom. The number of rotatable bonds is 4. The van der Waals surface area contributed by atoms with Gasteiger partial charge in [-0.05, 0) is 23.8 Å². The number of halogens is 1. The first kappa shape index (κ1) is 15.0. The molecule has 0 radical (unpaired) electrons. The molecule has 0 aliphatic heterocycles. The van der Waals surface area contributed by atoms with E-state index in [0.717, 1.165) is 5.56 Å². The molecule has 0 N–H and O–H groups in total. The van der Waals surface area contributed by atoms with Gasteiger partial charge in [0.2, 0.25) is 0 Å². The second kappa shape index (κ2) is 6.37. The second-order valence-corrected chi connectivity index (χ2v) is 5.00. The summed E-state index contributed by atoms with van der Waals surface area (Å²) in [7, 11) is 1.60. The van der Waals surface area contributed by atoms with Crippen LogP contribution in [0, 0.1) is 10.1 Å². The van der Waals surface area contributed by atoms with E-state index in [1.807, 2.05) is 12.1 Å². The number of nitro benzene ring substituents is 1. The number of amides is 1. The molecule has 0 saturated heterocycles. The summed E-state index contributed by atoms with van der Waals surface area (Å²) in [6.07, 6.45) is 0. The van der Waals surface area contributed by atoms with Gasteiger partial charge in [-0.1, -0.05) is 35.9 Å². The zero-order chi connectivity index (χ0) is 15.4. The van der Waals surface area contributed by atoms with Gasteiger partial charge in [0.1, 0.15) is 5.56 Å². The third kappa shape index (κ3) is 3.58. The first-order valence-electron chi connectivity index (χ1n) is 6.22. The van der Waals surface area contributed by atoms with Gasteiger partial charge in [-0.25, -0.2) is 0 Å². The van der Waals surface area contributed by atoms with Crippen LogP contribution in [0.1, 0.15) is 15.9 Å². The van der Waals surface area contributed by atoms with Crippen molar-refractivity contribution in [3.8, 4) is 0 Å². The van der Waals surface area contributed by atoms with E-state index in [4.69, 9.17) is 11.6 Å². The molecular formula is C15H13ClN2O3. The van der Waals surface area contributed by atoms with E-state index >= 15 is 0 Å². The average Bonchev–Trinajstić information content (AvgIpc) is 2.48. The van der Waals surface area contributed by atoms with Crippen LogP contribution in [-0.2, 0) is 6.54 Å². The Morgan fingerprint density at radius 3 is 2.43 bits per heavy atom. The quantitative estimate of drug-likeness (QED) is 0.641. The van der Waals surface area contributed by atoms with Crippen LogP contribution in [0.4, 0.5) is 5.69 Å². The number of hydrogen-bond donors (Lipinski definition) is 0. The molecule has 1 amide bonds. The molecule has 2 aromatic carbocycles. The Balaban J connectivity index is 2.20. The summed E-state index contributed by atoms with van der Waals surface area (Å²) >= 11 is 5.81. The molecule has 21 heavy (non-hydrogen) atoms. The third-order valence-electron chi connectivity index (χ3n) is 3.01. The first-order valence-corrected chi connectivity index (χ1v) is 6.60. The summed E-state index contributed by atoms with van der Waals surface area (Å²) in [6.45, 7) is 0.349. The fourth-order valence-electron chi connectivity index (χ4n) is 1.95. The maximum Gasteiger partial charge on any atom is 0.282 e. The Bertz CT molecular complexity index is 671. The zero-order valence-electron chi connectivity index (χ0n) is 11.3. The number of para-hydroxylation sites is 1. The molecule has 2 rings (SSSR count). The van der Waals surface area contributed by atoms with Gasteiger partial charge in [0.05, 0.1) is 4.92 Å². The molecule has 0 saturated carbocycles. The smallest absolute Gasteiger partial charge is 0.282 e. The highest BCUT2D eigenvalue weighted by Crippen LogP contribution is 2.20. The minimum atomic E-state index is -0.552. The molecule has 0 spiro atoms. The molecule has 0 aromatic heterocycles. The van der Waals surface area contributed by atoms with Crippen molar-refractivity contribution < 1.29 is 9.72 Å². The van der Waals surface area contributed by atoms with Gasteiger partial charge in [0, 0.05) is 24.7 Å². The normalized spacial score (nSPS) is 10.2. The molecule has 0 atom stereocenters. The second-order valence-electron chi connectivity index (χ2n) is 4.56. The number of hydrogen-bond acceptors (Lipinski definition) is 3. The van der Waals surface area contributed by atoms with Crippen molar-refractivity contribution in [1.82, 2.24) is 4.90 Å². The Hall–Kier alpha value is -2.40. The summed E-state index contributed by atoms with van der Waals surface area (Å²) in [4.78, 5) is 24.2. The molecule has 0 unspecified atom stereocenters. The molecular weight excluding hydrogens is 292 g/mol. The lowest BCUT2D eigenvalue weighted by atomic mass is 10.1. The lowest BCUT2D eigenvalue weighted by Gasteiger charge is -2.17. The van der Waals surface area contributed by atoms with Crippen molar-refractivity contribution in [2.24, 2.45) is 0 Å². The van der Waals surface area contributed by atoms with E-state index in [1.54, 1.807) is 25.2 Å². The van der Waals surface area contributed by atoms with Crippen molar-refractivity contribution in [3.63, 3.8) is 0 Å². The summed E-state index contributed by atoms with van der Waals surface area (Å²) in [5.74, 6) is -0.391. The van der Waals surface area contributed by atoms with Crippen LogP contribution in [0.2, 0.25) is 5.02 Å². The number of nitrogens with zero attached hydrogens (tertiary/aromatic N) is 2. The highest BCUT2D eigenvalue weighted by atomic mass is 35.5. The van der Waals surface area contributed by atoms with Crippen LogP contribution in [0.25, 0.3) is 0 Å². The molecule has 0 fully saturated rings. The molecule has 2 aromatic rings. The number of nitro groups is 1. The standard InChI is InChI=1S/C15H13ClN2O3/c1-17(10-11-6-8-12(16)9-7-11)15(19)13-4-2-3-5-14(13)18(20)21/h2-9H,10H2,1H3. The fourth-order valence-corrected chi connectivity index (χ4v) is 2.08. The van der Waals surface area contributed by atoms with Crippen LogP contribution in [-0.4, -0.2) is 22.8 Å². The van der Waals surface area contributed by atoms with Crippen molar-refractivity contribution in [3.05, 3.63) is 74.8 Å². The average molecular weight is 305 g/mol. The topological polar surface area (TPSA) is 63.5 Å². The predicted molar refractivity (Wildman–Crippen MR) is 80.3 cm³/mol.